The van der Waals surface area contributed by atoms with Crippen molar-refractivity contribution in [2.75, 3.05) is 13.2 Å². The van der Waals surface area contributed by atoms with Crippen LogP contribution in [0.15, 0.2) is 36.4 Å². The Labute approximate surface area is 215 Å². The topological polar surface area (TPSA) is 96.9 Å². The molecule has 0 unspecified atom stereocenters. The SMILES string of the molecule is Cc1cc(OCC(=O)NC23CCC(NC(=O)COc4ccc(C(F)(F)F)c(F)c4)(CC2)C[C@@H]3O)ccc1F. The molecule has 3 saturated carbocycles. The van der Waals surface area contributed by atoms with Crippen molar-refractivity contribution in [2.24, 2.45) is 0 Å². The van der Waals surface area contributed by atoms with E-state index in [0.29, 0.717) is 49.1 Å². The Hall–Kier alpha value is -3.41. The van der Waals surface area contributed by atoms with Crippen LogP contribution in [-0.2, 0) is 15.8 Å². The van der Waals surface area contributed by atoms with Gasteiger partial charge in [0.15, 0.2) is 13.2 Å². The van der Waals surface area contributed by atoms with Gasteiger partial charge in [0.25, 0.3) is 11.8 Å². The molecule has 0 aromatic heterocycles. The molecule has 0 radical (unpaired) electrons. The fraction of sp³-hybridized carbons (Fsp3) is 0.462. The first-order valence-corrected chi connectivity index (χ1v) is 12.0. The minimum atomic E-state index is -4.84. The maximum Gasteiger partial charge on any atom is 0.419 e. The Morgan fingerprint density at radius 2 is 1.50 bits per heavy atom. The second-order valence-electron chi connectivity index (χ2n) is 9.88. The third-order valence-electron chi connectivity index (χ3n) is 7.23. The summed E-state index contributed by atoms with van der Waals surface area (Å²) in [7, 11) is 0. The van der Waals surface area contributed by atoms with Crippen molar-refractivity contribution in [1.29, 1.82) is 0 Å². The number of carbonyl (C=O) groups excluding carboxylic acids is 2. The zero-order valence-electron chi connectivity index (χ0n) is 20.5. The van der Waals surface area contributed by atoms with Crippen LogP contribution in [0.1, 0.15) is 43.2 Å². The molecule has 12 heteroatoms. The number of aryl methyl sites for hydroxylation is 1. The van der Waals surface area contributed by atoms with Gasteiger partial charge in [-0.25, -0.2) is 8.78 Å². The lowest BCUT2D eigenvalue weighted by molar-refractivity contribution is -0.140. The number of halogens is 5. The van der Waals surface area contributed by atoms with E-state index in [-0.39, 0.29) is 24.6 Å². The van der Waals surface area contributed by atoms with Gasteiger partial charge in [0.1, 0.15) is 23.1 Å². The van der Waals surface area contributed by atoms with Crippen LogP contribution in [0.4, 0.5) is 22.0 Å². The first-order valence-electron chi connectivity index (χ1n) is 12.0. The van der Waals surface area contributed by atoms with Gasteiger partial charge in [-0.05, 0) is 74.9 Å². The van der Waals surface area contributed by atoms with E-state index in [2.05, 4.69) is 10.6 Å². The molecule has 2 aromatic carbocycles. The first-order chi connectivity index (χ1) is 17.8. The van der Waals surface area contributed by atoms with E-state index in [1.807, 2.05) is 0 Å². The molecule has 5 rings (SSSR count). The summed E-state index contributed by atoms with van der Waals surface area (Å²) in [5.41, 5.74) is -2.66. The summed E-state index contributed by atoms with van der Waals surface area (Å²) in [6.45, 7) is 0.710. The van der Waals surface area contributed by atoms with Crippen LogP contribution >= 0.6 is 0 Å². The first kappa shape index (κ1) is 27.6. The lowest BCUT2D eigenvalue weighted by Crippen LogP contribution is -2.70. The standard InChI is InChI=1S/C26H27F5N2O5/c1-15-10-16(3-5-19(15)27)37-14-23(36)33-25-8-6-24(7-9-25,12-21(25)34)32-22(35)13-38-17-2-4-18(20(28)11-17)26(29,30)31/h2-5,10-11,21,34H,6-9,12-14H2,1H3,(H,32,35)(H,33,36)/t21-,24?,25?/m0/s1. The highest BCUT2D eigenvalue weighted by atomic mass is 19.4. The number of aliphatic hydroxyl groups excluding tert-OH is 1. The maximum absolute atomic E-state index is 13.7. The molecule has 206 valence electrons. The van der Waals surface area contributed by atoms with Crippen molar-refractivity contribution >= 4 is 11.8 Å². The van der Waals surface area contributed by atoms with E-state index in [4.69, 9.17) is 9.47 Å². The van der Waals surface area contributed by atoms with Gasteiger partial charge in [0.2, 0.25) is 0 Å². The number of hydrogen-bond acceptors (Lipinski definition) is 5. The number of amides is 2. The molecule has 0 spiro atoms. The average Bonchev–Trinajstić information content (AvgIpc) is 2.84. The third-order valence-corrected chi connectivity index (χ3v) is 7.23. The summed E-state index contributed by atoms with van der Waals surface area (Å²) in [5.74, 6) is -2.79. The second kappa shape index (κ2) is 10.4. The molecule has 2 amide bonds. The fourth-order valence-corrected chi connectivity index (χ4v) is 5.13. The molecule has 3 aliphatic carbocycles. The summed E-state index contributed by atoms with van der Waals surface area (Å²) < 4.78 is 75.8. The van der Waals surface area contributed by atoms with Crippen molar-refractivity contribution < 1.29 is 46.1 Å². The zero-order valence-corrected chi connectivity index (χ0v) is 20.5. The lowest BCUT2D eigenvalue weighted by Gasteiger charge is -2.56. The molecular formula is C26H27F5N2O5. The fourth-order valence-electron chi connectivity index (χ4n) is 5.13. The highest BCUT2D eigenvalue weighted by Crippen LogP contribution is 2.47. The summed E-state index contributed by atoms with van der Waals surface area (Å²) >= 11 is 0. The van der Waals surface area contributed by atoms with Gasteiger partial charge in [-0.2, -0.15) is 13.2 Å². The van der Waals surface area contributed by atoms with Gasteiger partial charge in [-0.15, -0.1) is 0 Å². The predicted molar refractivity (Wildman–Crippen MR) is 124 cm³/mol. The van der Waals surface area contributed by atoms with Crippen molar-refractivity contribution in [3.63, 3.8) is 0 Å². The van der Waals surface area contributed by atoms with Crippen LogP contribution in [0.2, 0.25) is 0 Å². The molecule has 3 N–H and O–H groups in total. The number of ether oxygens (including phenoxy) is 2. The molecule has 7 nitrogen and oxygen atoms in total. The van der Waals surface area contributed by atoms with E-state index in [0.717, 1.165) is 6.07 Å². The predicted octanol–water partition coefficient (Wildman–Crippen LogP) is 3.80. The van der Waals surface area contributed by atoms with Gasteiger partial charge in [-0.3, -0.25) is 9.59 Å². The maximum atomic E-state index is 13.7. The molecule has 2 aromatic rings. The number of carbonyl (C=O) groups is 2. The molecule has 38 heavy (non-hydrogen) atoms. The van der Waals surface area contributed by atoms with E-state index in [9.17, 15) is 36.6 Å². The van der Waals surface area contributed by atoms with Crippen LogP contribution in [0.25, 0.3) is 0 Å². The van der Waals surface area contributed by atoms with Gasteiger partial charge < -0.3 is 25.2 Å². The number of aliphatic hydroxyl groups is 1. The largest absolute Gasteiger partial charge is 0.484 e. The van der Waals surface area contributed by atoms with E-state index in [1.54, 1.807) is 6.92 Å². The molecule has 1 atom stereocenters. The molecule has 3 fully saturated rings. The van der Waals surface area contributed by atoms with Crippen LogP contribution in [0, 0.1) is 18.6 Å². The third kappa shape index (κ3) is 6.01. The number of nitrogens with one attached hydrogen (secondary N) is 2. The normalized spacial score (nSPS) is 24.6. The molecule has 0 aliphatic heterocycles. The average molecular weight is 543 g/mol. The Kier molecular flexibility index (Phi) is 7.55. The number of rotatable bonds is 8. The Morgan fingerprint density at radius 3 is 2.05 bits per heavy atom. The summed E-state index contributed by atoms with van der Waals surface area (Å²) in [4.78, 5) is 25.0. The minimum Gasteiger partial charge on any atom is -0.484 e. The van der Waals surface area contributed by atoms with Crippen molar-refractivity contribution in [3.8, 4) is 11.5 Å². The van der Waals surface area contributed by atoms with E-state index >= 15 is 0 Å². The van der Waals surface area contributed by atoms with Crippen LogP contribution in [0.5, 0.6) is 11.5 Å². The molecular weight excluding hydrogens is 515 g/mol. The van der Waals surface area contributed by atoms with E-state index in [1.165, 1.54) is 18.2 Å². The van der Waals surface area contributed by atoms with E-state index < -0.39 is 53.2 Å². The van der Waals surface area contributed by atoms with Crippen molar-refractivity contribution in [1.82, 2.24) is 10.6 Å². The van der Waals surface area contributed by atoms with Gasteiger partial charge in [0, 0.05) is 11.6 Å². The monoisotopic (exact) mass is 542 g/mol. The van der Waals surface area contributed by atoms with Crippen LogP contribution < -0.4 is 20.1 Å². The highest BCUT2D eigenvalue weighted by Gasteiger charge is 2.55. The Bertz CT molecular complexity index is 1210. The molecule has 0 saturated heterocycles. The van der Waals surface area contributed by atoms with Crippen molar-refractivity contribution in [3.05, 3.63) is 59.2 Å². The number of hydrogen-bond donors (Lipinski definition) is 3. The molecule has 3 aliphatic rings. The van der Waals surface area contributed by atoms with Crippen LogP contribution in [0.3, 0.4) is 0 Å². The minimum absolute atomic E-state index is 0.173. The number of alkyl halides is 3. The second-order valence-corrected chi connectivity index (χ2v) is 9.88. The zero-order chi connectivity index (χ0) is 27.7. The Morgan fingerprint density at radius 1 is 0.921 bits per heavy atom. The lowest BCUT2D eigenvalue weighted by atomic mass is 9.60. The van der Waals surface area contributed by atoms with Gasteiger partial charge >= 0.3 is 6.18 Å². The molecule has 0 heterocycles. The van der Waals surface area contributed by atoms with Gasteiger partial charge in [0.05, 0.1) is 17.2 Å². The summed E-state index contributed by atoms with van der Waals surface area (Å²) in [5, 5.41) is 16.5. The number of benzene rings is 2. The quantitative estimate of drug-likeness (QED) is 0.441. The smallest absolute Gasteiger partial charge is 0.419 e. The highest BCUT2D eigenvalue weighted by molar-refractivity contribution is 5.79. The summed E-state index contributed by atoms with van der Waals surface area (Å²) in [6, 6.07) is 6.18. The van der Waals surface area contributed by atoms with Crippen molar-refractivity contribution in [2.45, 2.75) is 62.4 Å². The summed E-state index contributed by atoms with van der Waals surface area (Å²) in [6.07, 6.45) is -3.92. The van der Waals surface area contributed by atoms with Gasteiger partial charge in [-0.1, -0.05) is 0 Å². The molecule has 2 bridgehead atoms. The number of fused-ring (bicyclic) bond motifs is 3. The Balaban J connectivity index is 1.27. The van der Waals surface area contributed by atoms with Crippen LogP contribution in [-0.4, -0.2) is 47.3 Å².